The number of amides is 2. The van der Waals surface area contributed by atoms with Crippen molar-refractivity contribution in [2.24, 2.45) is 0 Å². The van der Waals surface area contributed by atoms with Crippen LogP contribution >= 0.6 is 34.5 Å². The van der Waals surface area contributed by atoms with E-state index < -0.39 is 6.03 Å². The first-order valence-electron chi connectivity index (χ1n) is 7.09. The molecule has 0 aliphatic heterocycles. The minimum absolute atomic E-state index is 0.289. The lowest BCUT2D eigenvalue weighted by atomic mass is 10.2. The van der Waals surface area contributed by atoms with Gasteiger partial charge in [-0.3, -0.25) is 5.32 Å². The van der Waals surface area contributed by atoms with Crippen LogP contribution < -0.4 is 10.6 Å². The lowest BCUT2D eigenvalue weighted by Gasteiger charge is -2.06. The Morgan fingerprint density at radius 2 is 1.80 bits per heavy atom. The summed E-state index contributed by atoms with van der Waals surface area (Å²) in [5.74, 6) is -0.289. The van der Waals surface area contributed by atoms with Crippen molar-refractivity contribution in [2.75, 3.05) is 10.6 Å². The molecule has 0 atom stereocenters. The number of urea groups is 1. The number of anilines is 2. The number of hydrogen-bond acceptors (Lipinski definition) is 4. The van der Waals surface area contributed by atoms with Crippen LogP contribution in [-0.4, -0.2) is 16.2 Å². The van der Waals surface area contributed by atoms with Crippen molar-refractivity contribution < 1.29 is 9.18 Å². The number of carbonyl (C=O) groups excluding carboxylic acids is 1. The molecule has 1 aromatic heterocycles. The molecule has 25 heavy (non-hydrogen) atoms. The van der Waals surface area contributed by atoms with Crippen LogP contribution in [0.15, 0.2) is 42.5 Å². The summed E-state index contributed by atoms with van der Waals surface area (Å²) in [7, 11) is 0. The molecule has 5 nitrogen and oxygen atoms in total. The van der Waals surface area contributed by atoms with Gasteiger partial charge in [-0.1, -0.05) is 46.7 Å². The number of rotatable bonds is 4. The average molecular weight is 397 g/mol. The van der Waals surface area contributed by atoms with Gasteiger partial charge in [-0.2, -0.15) is 0 Å². The number of benzene rings is 2. The van der Waals surface area contributed by atoms with E-state index in [0.29, 0.717) is 32.3 Å². The van der Waals surface area contributed by atoms with Crippen molar-refractivity contribution in [1.29, 1.82) is 0 Å². The lowest BCUT2D eigenvalue weighted by Crippen LogP contribution is -2.19. The first-order valence-corrected chi connectivity index (χ1v) is 8.67. The van der Waals surface area contributed by atoms with Gasteiger partial charge in [0.15, 0.2) is 0 Å². The third-order valence-electron chi connectivity index (χ3n) is 3.13. The first-order chi connectivity index (χ1) is 12.0. The van der Waals surface area contributed by atoms with Crippen LogP contribution in [0.2, 0.25) is 10.0 Å². The molecule has 2 N–H and O–H groups in total. The molecule has 0 aliphatic rings. The molecule has 1 heterocycles. The van der Waals surface area contributed by atoms with E-state index in [1.54, 1.807) is 30.3 Å². The second-order valence-corrected chi connectivity index (χ2v) is 6.89. The Kier molecular flexibility index (Phi) is 5.47. The van der Waals surface area contributed by atoms with E-state index in [2.05, 4.69) is 20.8 Å². The number of nitrogens with one attached hydrogen (secondary N) is 2. The summed E-state index contributed by atoms with van der Waals surface area (Å²) in [6.07, 6.45) is 0.508. The van der Waals surface area contributed by atoms with Crippen molar-refractivity contribution >= 4 is 51.4 Å². The van der Waals surface area contributed by atoms with Crippen molar-refractivity contribution in [3.63, 3.8) is 0 Å². The Hall–Kier alpha value is -2.22. The van der Waals surface area contributed by atoms with Gasteiger partial charge in [0.1, 0.15) is 10.8 Å². The van der Waals surface area contributed by atoms with Gasteiger partial charge in [0, 0.05) is 12.1 Å². The molecule has 0 unspecified atom stereocenters. The molecule has 0 spiro atoms. The maximum absolute atomic E-state index is 12.9. The van der Waals surface area contributed by atoms with Gasteiger partial charge in [-0.15, -0.1) is 10.2 Å². The molecule has 2 aromatic carbocycles. The van der Waals surface area contributed by atoms with Crippen molar-refractivity contribution in [1.82, 2.24) is 10.2 Å². The molecule has 3 aromatic rings. The van der Waals surface area contributed by atoms with Gasteiger partial charge in [-0.05, 0) is 35.9 Å². The molecule has 2 amide bonds. The fourth-order valence-corrected chi connectivity index (χ4v) is 3.05. The average Bonchev–Trinajstić information content (AvgIpc) is 3.00. The highest BCUT2D eigenvalue weighted by Gasteiger charge is 2.10. The molecule has 0 saturated heterocycles. The fraction of sp³-hybridized carbons (Fsp3) is 0.0625. The summed E-state index contributed by atoms with van der Waals surface area (Å²) in [6.45, 7) is 0. The maximum atomic E-state index is 12.9. The van der Waals surface area contributed by atoms with E-state index in [-0.39, 0.29) is 5.82 Å². The largest absolute Gasteiger partial charge is 0.325 e. The highest BCUT2D eigenvalue weighted by atomic mass is 35.5. The van der Waals surface area contributed by atoms with Gasteiger partial charge < -0.3 is 5.32 Å². The summed E-state index contributed by atoms with van der Waals surface area (Å²) < 4.78 is 12.9. The quantitative estimate of drug-likeness (QED) is 0.635. The molecule has 9 heteroatoms. The molecule has 0 radical (unpaired) electrons. The topological polar surface area (TPSA) is 66.9 Å². The number of aromatic nitrogens is 2. The number of carbonyl (C=O) groups is 1. The number of hydrogen-bond donors (Lipinski definition) is 2. The van der Waals surface area contributed by atoms with E-state index in [9.17, 15) is 9.18 Å². The zero-order chi connectivity index (χ0) is 17.8. The first kappa shape index (κ1) is 17.6. The fourth-order valence-electron chi connectivity index (χ4n) is 1.99. The Balaban J connectivity index is 1.59. The third kappa shape index (κ3) is 4.88. The maximum Gasteiger partial charge on any atom is 0.325 e. The molecule has 3 rings (SSSR count). The minimum Gasteiger partial charge on any atom is -0.308 e. The van der Waals surface area contributed by atoms with E-state index in [0.717, 1.165) is 5.56 Å². The summed E-state index contributed by atoms with van der Waals surface area (Å²) in [6, 6.07) is 10.4. The molecule has 0 bridgehead atoms. The van der Waals surface area contributed by atoms with Crippen molar-refractivity contribution in [3.8, 4) is 0 Å². The zero-order valence-corrected chi connectivity index (χ0v) is 14.9. The van der Waals surface area contributed by atoms with Crippen LogP contribution in [0.25, 0.3) is 0 Å². The normalized spacial score (nSPS) is 10.5. The Morgan fingerprint density at radius 3 is 2.52 bits per heavy atom. The molecule has 128 valence electrons. The van der Waals surface area contributed by atoms with E-state index in [1.807, 2.05) is 0 Å². The highest BCUT2D eigenvalue weighted by molar-refractivity contribution is 7.15. The predicted octanol–water partition coefficient (Wildman–Crippen LogP) is 5.22. The monoisotopic (exact) mass is 396 g/mol. The molecule has 0 fully saturated rings. The number of halogens is 3. The summed E-state index contributed by atoms with van der Waals surface area (Å²) in [5, 5.41) is 15.0. The SMILES string of the molecule is O=C(Nc1ccc(Cl)c(Cl)c1)Nc1nnc(Cc2ccc(F)cc2)s1. The summed E-state index contributed by atoms with van der Waals surface area (Å²) in [4.78, 5) is 12.0. The van der Waals surface area contributed by atoms with Crippen molar-refractivity contribution in [2.45, 2.75) is 6.42 Å². The van der Waals surface area contributed by atoms with Crippen LogP contribution in [0.1, 0.15) is 10.6 Å². The van der Waals surface area contributed by atoms with Crippen LogP contribution in [0.4, 0.5) is 20.0 Å². The van der Waals surface area contributed by atoms with E-state index in [1.165, 1.54) is 23.5 Å². The van der Waals surface area contributed by atoms with Gasteiger partial charge in [0.25, 0.3) is 0 Å². The smallest absolute Gasteiger partial charge is 0.308 e. The van der Waals surface area contributed by atoms with Gasteiger partial charge in [0.05, 0.1) is 10.0 Å². The Morgan fingerprint density at radius 1 is 1.04 bits per heavy atom. The van der Waals surface area contributed by atoms with Gasteiger partial charge in [0.2, 0.25) is 5.13 Å². The predicted molar refractivity (Wildman–Crippen MR) is 98.2 cm³/mol. The van der Waals surface area contributed by atoms with Gasteiger partial charge >= 0.3 is 6.03 Å². The summed E-state index contributed by atoms with van der Waals surface area (Å²) >= 11 is 13.0. The minimum atomic E-state index is -0.470. The summed E-state index contributed by atoms with van der Waals surface area (Å²) in [5.41, 5.74) is 1.41. The van der Waals surface area contributed by atoms with E-state index >= 15 is 0 Å². The third-order valence-corrected chi connectivity index (χ3v) is 4.71. The Bertz CT molecular complexity index is 901. The zero-order valence-electron chi connectivity index (χ0n) is 12.6. The second-order valence-electron chi connectivity index (χ2n) is 5.01. The van der Waals surface area contributed by atoms with Crippen LogP contribution in [0, 0.1) is 5.82 Å². The van der Waals surface area contributed by atoms with Crippen LogP contribution in [0.5, 0.6) is 0 Å². The second kappa shape index (κ2) is 7.77. The lowest BCUT2D eigenvalue weighted by molar-refractivity contribution is 0.262. The standard InChI is InChI=1S/C16H11Cl2FN4OS/c17-12-6-5-11(8-13(12)18)20-15(24)21-16-23-22-14(25-16)7-9-1-3-10(19)4-2-9/h1-6,8H,7H2,(H2,20,21,23,24). The molecule has 0 aliphatic carbocycles. The number of nitrogens with zero attached hydrogens (tertiary/aromatic N) is 2. The van der Waals surface area contributed by atoms with Crippen LogP contribution in [-0.2, 0) is 6.42 Å². The highest BCUT2D eigenvalue weighted by Crippen LogP contribution is 2.25. The van der Waals surface area contributed by atoms with Crippen LogP contribution in [0.3, 0.4) is 0 Å². The Labute approximate surface area is 156 Å². The molecular weight excluding hydrogens is 386 g/mol. The van der Waals surface area contributed by atoms with E-state index in [4.69, 9.17) is 23.2 Å². The molecule has 0 saturated carbocycles. The molecular formula is C16H11Cl2FN4OS. The van der Waals surface area contributed by atoms with Crippen molar-refractivity contribution in [3.05, 3.63) is 68.9 Å². The van der Waals surface area contributed by atoms with Gasteiger partial charge in [-0.25, -0.2) is 9.18 Å².